The Labute approximate surface area is 78.8 Å². The van der Waals surface area contributed by atoms with Crippen molar-refractivity contribution < 1.29 is 4.79 Å². The van der Waals surface area contributed by atoms with Gasteiger partial charge in [-0.3, -0.25) is 4.79 Å². The van der Waals surface area contributed by atoms with Crippen LogP contribution in [0.3, 0.4) is 0 Å². The largest absolute Gasteiger partial charge is 0.369 e. The lowest BCUT2D eigenvalue weighted by Gasteiger charge is -2.26. The van der Waals surface area contributed by atoms with Gasteiger partial charge in [0.25, 0.3) is 0 Å². The van der Waals surface area contributed by atoms with E-state index in [0.717, 1.165) is 0 Å². The Morgan fingerprint density at radius 2 is 1.92 bits per heavy atom. The van der Waals surface area contributed by atoms with Crippen LogP contribution in [0.1, 0.15) is 33.6 Å². The second-order valence-electron chi connectivity index (χ2n) is 5.21. The summed E-state index contributed by atoms with van der Waals surface area (Å²) in [5.41, 5.74) is 15.7. The summed E-state index contributed by atoms with van der Waals surface area (Å²) in [6.07, 6.45) is 1.21. The molecule has 1 unspecified atom stereocenters. The van der Waals surface area contributed by atoms with Gasteiger partial charge in [0, 0.05) is 11.1 Å². The topological polar surface area (TPSA) is 95.1 Å². The van der Waals surface area contributed by atoms with E-state index in [-0.39, 0.29) is 5.91 Å². The average Bonchev–Trinajstić information content (AvgIpc) is 2.30. The molecule has 1 amide bonds. The van der Waals surface area contributed by atoms with Crippen LogP contribution in [0.5, 0.6) is 0 Å². The molecular formula is C9H19N3O. The summed E-state index contributed by atoms with van der Waals surface area (Å²) >= 11 is 0. The molecule has 1 rings (SSSR count). The van der Waals surface area contributed by atoms with Crippen LogP contribution >= 0.6 is 0 Å². The molecule has 0 bridgehead atoms. The Kier molecular flexibility index (Phi) is 1.98. The highest BCUT2D eigenvalue weighted by Crippen LogP contribution is 2.58. The molecule has 0 radical (unpaired) electrons. The van der Waals surface area contributed by atoms with E-state index in [2.05, 4.69) is 0 Å². The molecule has 4 heteroatoms. The summed E-state index contributed by atoms with van der Waals surface area (Å²) in [7, 11) is 0. The minimum absolute atomic E-state index is 0.323. The van der Waals surface area contributed by atoms with Crippen molar-refractivity contribution in [2.45, 2.75) is 44.7 Å². The average molecular weight is 185 g/mol. The van der Waals surface area contributed by atoms with Gasteiger partial charge in [-0.05, 0) is 33.6 Å². The van der Waals surface area contributed by atoms with Crippen LogP contribution < -0.4 is 17.2 Å². The Bertz CT molecular complexity index is 242. The predicted molar refractivity (Wildman–Crippen MR) is 51.7 cm³/mol. The Balaban J connectivity index is 2.81. The van der Waals surface area contributed by atoms with E-state index in [1.807, 2.05) is 20.8 Å². The number of primary amides is 1. The monoisotopic (exact) mass is 185 g/mol. The van der Waals surface area contributed by atoms with Gasteiger partial charge in [0.2, 0.25) is 5.91 Å². The van der Waals surface area contributed by atoms with Gasteiger partial charge in [0.15, 0.2) is 0 Å². The van der Waals surface area contributed by atoms with Gasteiger partial charge in [-0.1, -0.05) is 0 Å². The van der Waals surface area contributed by atoms with E-state index < -0.39 is 16.5 Å². The Morgan fingerprint density at radius 3 is 2.00 bits per heavy atom. The highest BCUT2D eigenvalue weighted by Gasteiger charge is 2.67. The van der Waals surface area contributed by atoms with E-state index in [0.29, 0.717) is 12.8 Å². The van der Waals surface area contributed by atoms with Gasteiger partial charge < -0.3 is 17.2 Å². The van der Waals surface area contributed by atoms with Crippen molar-refractivity contribution in [1.82, 2.24) is 0 Å². The standard InChI is InChI=1S/C9H19N3O/c1-7(2,11)4-9(6(10)13)5-8(9,3)12/h4-5,11-12H2,1-3H3,(H2,10,13)/t8?,9-/m1/s1. The van der Waals surface area contributed by atoms with Crippen molar-refractivity contribution in [3.63, 3.8) is 0 Å². The highest BCUT2D eigenvalue weighted by molar-refractivity contribution is 5.86. The smallest absolute Gasteiger partial charge is 0.225 e. The van der Waals surface area contributed by atoms with Gasteiger partial charge in [-0.2, -0.15) is 0 Å². The number of carbonyl (C=O) groups is 1. The van der Waals surface area contributed by atoms with Crippen LogP contribution in [0.4, 0.5) is 0 Å². The number of rotatable bonds is 3. The first kappa shape index (κ1) is 10.5. The summed E-state index contributed by atoms with van der Waals surface area (Å²) in [4.78, 5) is 11.3. The second kappa shape index (κ2) is 2.45. The molecule has 4 nitrogen and oxygen atoms in total. The summed E-state index contributed by atoms with van der Waals surface area (Å²) in [5.74, 6) is -0.323. The fraction of sp³-hybridized carbons (Fsp3) is 0.889. The maximum Gasteiger partial charge on any atom is 0.225 e. The van der Waals surface area contributed by atoms with Gasteiger partial charge in [0.1, 0.15) is 0 Å². The first-order valence-electron chi connectivity index (χ1n) is 4.48. The molecule has 0 spiro atoms. The minimum Gasteiger partial charge on any atom is -0.369 e. The lowest BCUT2D eigenvalue weighted by molar-refractivity contribution is -0.124. The van der Waals surface area contributed by atoms with Crippen molar-refractivity contribution in [1.29, 1.82) is 0 Å². The van der Waals surface area contributed by atoms with Crippen LogP contribution in [-0.4, -0.2) is 17.0 Å². The fourth-order valence-electron chi connectivity index (χ4n) is 2.08. The zero-order valence-electron chi connectivity index (χ0n) is 8.55. The molecule has 1 aliphatic carbocycles. The predicted octanol–water partition coefficient (Wildman–Crippen LogP) is -0.293. The number of hydrogen-bond donors (Lipinski definition) is 3. The van der Waals surface area contributed by atoms with Crippen LogP contribution in [0.15, 0.2) is 0 Å². The van der Waals surface area contributed by atoms with Gasteiger partial charge in [-0.25, -0.2) is 0 Å². The van der Waals surface area contributed by atoms with Crippen LogP contribution in [0, 0.1) is 5.41 Å². The minimum atomic E-state index is -0.578. The molecule has 1 fully saturated rings. The summed E-state index contributed by atoms with van der Waals surface area (Å²) in [5, 5.41) is 0. The zero-order chi connectivity index (χ0) is 10.5. The molecule has 1 saturated carbocycles. The van der Waals surface area contributed by atoms with Crippen LogP contribution in [-0.2, 0) is 4.79 Å². The lowest BCUT2D eigenvalue weighted by Crippen LogP contribution is -2.45. The van der Waals surface area contributed by atoms with E-state index >= 15 is 0 Å². The molecule has 2 atom stereocenters. The molecule has 76 valence electrons. The van der Waals surface area contributed by atoms with Crippen molar-refractivity contribution in [3.8, 4) is 0 Å². The third-order valence-corrected chi connectivity index (χ3v) is 2.87. The maximum absolute atomic E-state index is 11.3. The van der Waals surface area contributed by atoms with Gasteiger partial charge >= 0.3 is 0 Å². The normalized spacial score (nSPS) is 38.8. The summed E-state index contributed by atoms with van der Waals surface area (Å²) < 4.78 is 0. The SMILES string of the molecule is CC(C)(N)C[C@]1(C(N)=O)CC1(C)N. The van der Waals surface area contributed by atoms with E-state index in [9.17, 15) is 4.79 Å². The Hall–Kier alpha value is -0.610. The van der Waals surface area contributed by atoms with E-state index in [1.54, 1.807) is 0 Å². The molecule has 6 N–H and O–H groups in total. The second-order valence-corrected chi connectivity index (χ2v) is 5.21. The third-order valence-electron chi connectivity index (χ3n) is 2.87. The maximum atomic E-state index is 11.3. The molecule has 0 aromatic carbocycles. The van der Waals surface area contributed by atoms with Crippen molar-refractivity contribution in [2.24, 2.45) is 22.6 Å². The van der Waals surface area contributed by atoms with Crippen molar-refractivity contribution >= 4 is 5.91 Å². The number of nitrogens with two attached hydrogens (primary N) is 3. The zero-order valence-corrected chi connectivity index (χ0v) is 8.55. The summed E-state index contributed by atoms with van der Waals surface area (Å²) in [6.45, 7) is 5.61. The number of amides is 1. The first-order chi connectivity index (χ1) is 5.61. The molecular weight excluding hydrogens is 166 g/mol. The number of carbonyl (C=O) groups excluding carboxylic acids is 1. The molecule has 13 heavy (non-hydrogen) atoms. The molecule has 0 aromatic rings. The summed E-state index contributed by atoms with van der Waals surface area (Å²) in [6, 6.07) is 0. The molecule has 0 heterocycles. The lowest BCUT2D eigenvalue weighted by atomic mass is 9.85. The third kappa shape index (κ3) is 1.69. The van der Waals surface area contributed by atoms with Crippen LogP contribution in [0.2, 0.25) is 0 Å². The van der Waals surface area contributed by atoms with Crippen molar-refractivity contribution in [3.05, 3.63) is 0 Å². The van der Waals surface area contributed by atoms with Crippen LogP contribution in [0.25, 0.3) is 0 Å². The van der Waals surface area contributed by atoms with Gasteiger partial charge in [0.05, 0.1) is 5.41 Å². The molecule has 0 aromatic heterocycles. The highest BCUT2D eigenvalue weighted by atomic mass is 16.1. The fourth-order valence-corrected chi connectivity index (χ4v) is 2.08. The Morgan fingerprint density at radius 1 is 1.54 bits per heavy atom. The number of hydrogen-bond acceptors (Lipinski definition) is 3. The molecule has 0 aliphatic heterocycles. The van der Waals surface area contributed by atoms with Gasteiger partial charge in [-0.15, -0.1) is 0 Å². The van der Waals surface area contributed by atoms with Crippen molar-refractivity contribution in [2.75, 3.05) is 0 Å². The molecule has 0 saturated heterocycles. The quantitative estimate of drug-likeness (QED) is 0.563. The van der Waals surface area contributed by atoms with E-state index in [1.165, 1.54) is 0 Å². The molecule has 1 aliphatic rings. The van der Waals surface area contributed by atoms with E-state index in [4.69, 9.17) is 17.2 Å². The first-order valence-corrected chi connectivity index (χ1v) is 4.48.